The molecule has 3 heteroatoms. The van der Waals surface area contributed by atoms with Gasteiger partial charge in [-0.2, -0.15) is 0 Å². The number of benzene rings is 1. The lowest BCUT2D eigenvalue weighted by atomic mass is 10.0. The molecule has 0 unspecified atom stereocenters. The second-order valence-electron chi connectivity index (χ2n) is 4.95. The molecule has 0 saturated heterocycles. The predicted molar refractivity (Wildman–Crippen MR) is 79.6 cm³/mol. The van der Waals surface area contributed by atoms with E-state index >= 15 is 0 Å². The maximum atomic E-state index is 4.27. The fourth-order valence-corrected chi connectivity index (χ4v) is 2.71. The highest BCUT2D eigenvalue weighted by molar-refractivity contribution is 5.56. The monoisotopic (exact) mass is 253 g/mol. The van der Waals surface area contributed by atoms with Crippen LogP contribution in [0.2, 0.25) is 0 Å². The van der Waals surface area contributed by atoms with Gasteiger partial charge in [0.2, 0.25) is 0 Å². The molecule has 2 heterocycles. The minimum atomic E-state index is 0.933. The van der Waals surface area contributed by atoms with Crippen LogP contribution < -0.4 is 10.2 Å². The molecule has 3 nitrogen and oxygen atoms in total. The molecular weight excluding hydrogens is 234 g/mol. The molecule has 0 radical (unpaired) electrons. The van der Waals surface area contributed by atoms with Gasteiger partial charge in [0.1, 0.15) is 5.82 Å². The van der Waals surface area contributed by atoms with Crippen molar-refractivity contribution in [3.8, 4) is 0 Å². The van der Waals surface area contributed by atoms with Crippen molar-refractivity contribution in [2.45, 2.75) is 19.4 Å². The van der Waals surface area contributed by atoms with E-state index in [0.717, 1.165) is 18.9 Å². The Bertz CT molecular complexity index is 565. The summed E-state index contributed by atoms with van der Waals surface area (Å²) in [6, 6.07) is 13.0. The molecule has 3 rings (SSSR count). The largest absolute Gasteiger partial charge is 0.373 e. The van der Waals surface area contributed by atoms with Crippen molar-refractivity contribution >= 4 is 11.5 Å². The highest BCUT2D eigenvalue weighted by Crippen LogP contribution is 2.28. The maximum absolute atomic E-state index is 4.27. The van der Waals surface area contributed by atoms with Crippen LogP contribution in [-0.4, -0.2) is 18.6 Å². The van der Waals surface area contributed by atoms with E-state index in [1.165, 1.54) is 29.7 Å². The van der Waals surface area contributed by atoms with E-state index in [-0.39, 0.29) is 0 Å². The van der Waals surface area contributed by atoms with Gasteiger partial charge in [0.05, 0.1) is 0 Å². The number of nitrogens with one attached hydrogen (secondary N) is 1. The molecule has 0 bridgehead atoms. The quantitative estimate of drug-likeness (QED) is 0.911. The molecule has 0 fully saturated rings. The van der Waals surface area contributed by atoms with Gasteiger partial charge in [-0.1, -0.05) is 18.2 Å². The molecule has 1 aromatic heterocycles. The average molecular weight is 253 g/mol. The number of fused-ring (bicyclic) bond motifs is 1. The second-order valence-corrected chi connectivity index (χ2v) is 4.95. The van der Waals surface area contributed by atoms with Gasteiger partial charge < -0.3 is 10.2 Å². The second kappa shape index (κ2) is 5.31. The van der Waals surface area contributed by atoms with Crippen LogP contribution in [0.15, 0.2) is 42.6 Å². The third-order valence-electron chi connectivity index (χ3n) is 3.66. The zero-order chi connectivity index (χ0) is 13.1. The van der Waals surface area contributed by atoms with Crippen LogP contribution in [0.5, 0.6) is 0 Å². The van der Waals surface area contributed by atoms with Gasteiger partial charge in [0.25, 0.3) is 0 Å². The van der Waals surface area contributed by atoms with E-state index < -0.39 is 0 Å². The molecule has 1 N–H and O–H groups in total. The normalized spacial score (nSPS) is 14.1. The van der Waals surface area contributed by atoms with Crippen molar-refractivity contribution < 1.29 is 0 Å². The first-order chi connectivity index (χ1) is 9.36. The van der Waals surface area contributed by atoms with Gasteiger partial charge >= 0.3 is 0 Å². The van der Waals surface area contributed by atoms with Gasteiger partial charge in [0, 0.05) is 32.0 Å². The molecule has 1 aromatic carbocycles. The van der Waals surface area contributed by atoms with Gasteiger partial charge in [-0.3, -0.25) is 0 Å². The van der Waals surface area contributed by atoms with Crippen molar-refractivity contribution in [1.82, 2.24) is 4.98 Å². The lowest BCUT2D eigenvalue weighted by molar-refractivity contribution is 0.691. The number of nitrogens with zero attached hydrogens (tertiary/aromatic N) is 2. The fourth-order valence-electron chi connectivity index (χ4n) is 2.71. The Morgan fingerprint density at radius 3 is 3.05 bits per heavy atom. The number of aromatic nitrogens is 1. The first kappa shape index (κ1) is 12.0. The molecule has 98 valence electrons. The van der Waals surface area contributed by atoms with Gasteiger partial charge in [-0.15, -0.1) is 0 Å². The van der Waals surface area contributed by atoms with E-state index in [1.54, 1.807) is 0 Å². The summed E-state index contributed by atoms with van der Waals surface area (Å²) < 4.78 is 0. The molecule has 0 amide bonds. The molecule has 19 heavy (non-hydrogen) atoms. The minimum Gasteiger partial charge on any atom is -0.373 e. The topological polar surface area (TPSA) is 28.2 Å². The Balaban J connectivity index is 1.84. The number of anilines is 2. The van der Waals surface area contributed by atoms with Gasteiger partial charge in [0.15, 0.2) is 0 Å². The third kappa shape index (κ3) is 2.55. The van der Waals surface area contributed by atoms with Crippen LogP contribution in [0, 0.1) is 0 Å². The predicted octanol–water partition coefficient (Wildman–Crippen LogP) is 3.08. The summed E-state index contributed by atoms with van der Waals surface area (Å²) in [7, 11) is 1.91. The Kier molecular flexibility index (Phi) is 3.36. The number of aryl methyl sites for hydroxylation is 1. The molecule has 0 aliphatic carbocycles. The minimum absolute atomic E-state index is 0.933. The van der Waals surface area contributed by atoms with Crippen LogP contribution in [-0.2, 0) is 13.0 Å². The number of para-hydroxylation sites is 1. The molecule has 0 atom stereocenters. The molecule has 1 aliphatic rings. The number of hydrogen-bond donors (Lipinski definition) is 1. The van der Waals surface area contributed by atoms with Crippen LogP contribution in [0.4, 0.5) is 11.5 Å². The van der Waals surface area contributed by atoms with Crippen molar-refractivity contribution in [2.75, 3.05) is 23.8 Å². The van der Waals surface area contributed by atoms with Crippen LogP contribution in [0.3, 0.4) is 0 Å². The van der Waals surface area contributed by atoms with Crippen molar-refractivity contribution in [3.05, 3.63) is 53.7 Å². The average Bonchev–Trinajstić information content (AvgIpc) is 2.48. The Labute approximate surface area is 114 Å². The molecule has 0 saturated carbocycles. The zero-order valence-electron chi connectivity index (χ0n) is 11.3. The van der Waals surface area contributed by atoms with Crippen LogP contribution in [0.25, 0.3) is 0 Å². The molecule has 2 aromatic rings. The summed E-state index contributed by atoms with van der Waals surface area (Å²) in [6.45, 7) is 2.09. The van der Waals surface area contributed by atoms with E-state index in [1.807, 2.05) is 13.2 Å². The molecule has 1 aliphatic heterocycles. The highest BCUT2D eigenvalue weighted by atomic mass is 15.1. The smallest absolute Gasteiger partial charge is 0.125 e. The van der Waals surface area contributed by atoms with E-state index in [4.69, 9.17) is 0 Å². The van der Waals surface area contributed by atoms with Crippen molar-refractivity contribution in [1.29, 1.82) is 0 Å². The van der Waals surface area contributed by atoms with Crippen molar-refractivity contribution in [2.24, 2.45) is 0 Å². The zero-order valence-corrected chi connectivity index (χ0v) is 11.3. The number of rotatable bonds is 3. The Morgan fingerprint density at radius 1 is 1.26 bits per heavy atom. The van der Waals surface area contributed by atoms with Gasteiger partial charge in [-0.05, 0) is 42.2 Å². The molecular formula is C16H19N3. The summed E-state index contributed by atoms with van der Waals surface area (Å²) >= 11 is 0. The van der Waals surface area contributed by atoms with Crippen molar-refractivity contribution in [3.63, 3.8) is 0 Å². The SMILES string of the molecule is CNc1cc(CN2CCCc3ccccc32)ccn1. The Hall–Kier alpha value is -2.03. The van der Waals surface area contributed by atoms with Crippen LogP contribution >= 0.6 is 0 Å². The highest BCUT2D eigenvalue weighted by Gasteiger charge is 2.16. The standard InChI is InChI=1S/C16H19N3/c1-17-16-11-13(8-9-18-16)12-19-10-4-6-14-5-2-3-7-15(14)19/h2-3,5,7-9,11H,4,6,10,12H2,1H3,(H,17,18). The van der Waals surface area contributed by atoms with Crippen LogP contribution in [0.1, 0.15) is 17.5 Å². The lowest BCUT2D eigenvalue weighted by Crippen LogP contribution is -2.28. The lowest BCUT2D eigenvalue weighted by Gasteiger charge is -2.31. The number of pyridine rings is 1. The summed E-state index contributed by atoms with van der Waals surface area (Å²) in [5, 5.41) is 3.09. The van der Waals surface area contributed by atoms with E-state index in [0.29, 0.717) is 0 Å². The fraction of sp³-hybridized carbons (Fsp3) is 0.312. The van der Waals surface area contributed by atoms with E-state index in [2.05, 4.69) is 51.6 Å². The summed E-state index contributed by atoms with van der Waals surface area (Å²) in [6.07, 6.45) is 4.31. The number of hydrogen-bond acceptors (Lipinski definition) is 3. The summed E-state index contributed by atoms with van der Waals surface area (Å²) in [5.74, 6) is 0.933. The first-order valence-electron chi connectivity index (χ1n) is 6.82. The van der Waals surface area contributed by atoms with E-state index in [9.17, 15) is 0 Å². The summed E-state index contributed by atoms with van der Waals surface area (Å²) in [4.78, 5) is 6.73. The summed E-state index contributed by atoms with van der Waals surface area (Å²) in [5.41, 5.74) is 4.16. The Morgan fingerprint density at radius 2 is 2.16 bits per heavy atom. The van der Waals surface area contributed by atoms with Gasteiger partial charge in [-0.25, -0.2) is 4.98 Å². The maximum Gasteiger partial charge on any atom is 0.125 e. The molecule has 0 spiro atoms. The first-order valence-corrected chi connectivity index (χ1v) is 6.82. The third-order valence-corrected chi connectivity index (χ3v) is 3.66.